The molecular formula is C26H29F6N9O2. The predicted octanol–water partition coefficient (Wildman–Crippen LogP) is 4.40. The summed E-state index contributed by atoms with van der Waals surface area (Å²) in [6.07, 6.45) is -4.06. The Labute approximate surface area is 241 Å². The number of carbonyl (C=O) groups excluding carboxylic acids is 1. The van der Waals surface area contributed by atoms with Crippen molar-refractivity contribution in [3.63, 3.8) is 0 Å². The van der Waals surface area contributed by atoms with Gasteiger partial charge in [0, 0.05) is 24.7 Å². The second kappa shape index (κ2) is 10.8. The van der Waals surface area contributed by atoms with Crippen molar-refractivity contribution in [2.24, 2.45) is 0 Å². The third kappa shape index (κ3) is 5.89. The number of alkyl halides is 6. The zero-order chi connectivity index (χ0) is 31.3. The number of fused-ring (bicyclic) bond motifs is 1. The molecule has 1 aliphatic heterocycles. The molecule has 4 heterocycles. The largest absolute Gasteiger partial charge is 0.459 e. The van der Waals surface area contributed by atoms with Gasteiger partial charge in [0.2, 0.25) is 5.89 Å². The molecule has 232 valence electrons. The first-order chi connectivity index (χ1) is 20.1. The molecular weight excluding hydrogens is 584 g/mol. The minimum absolute atomic E-state index is 0.0689. The normalized spacial score (nSPS) is 18.7. The lowest BCUT2D eigenvalue weighted by molar-refractivity contribution is -0.291. The summed E-state index contributed by atoms with van der Waals surface area (Å²) in [6.45, 7) is 5.99. The zero-order valence-corrected chi connectivity index (χ0v) is 23.6. The van der Waals surface area contributed by atoms with E-state index >= 15 is 0 Å². The molecule has 17 heteroatoms. The first-order valence-electron chi connectivity index (χ1n) is 13.3. The molecule has 1 aromatic carbocycles. The molecule has 4 aromatic rings. The highest BCUT2D eigenvalue weighted by molar-refractivity contribution is 5.94. The van der Waals surface area contributed by atoms with Crippen molar-refractivity contribution in [2.45, 2.75) is 63.6 Å². The van der Waals surface area contributed by atoms with Crippen LogP contribution in [0.5, 0.6) is 0 Å². The van der Waals surface area contributed by atoms with Crippen LogP contribution in [0.1, 0.15) is 49.1 Å². The van der Waals surface area contributed by atoms with Crippen LogP contribution in [0.4, 0.5) is 32.0 Å². The lowest BCUT2D eigenvalue weighted by Crippen LogP contribution is -2.46. The molecule has 0 unspecified atom stereocenters. The van der Waals surface area contributed by atoms with E-state index in [1.807, 2.05) is 20.8 Å². The Morgan fingerprint density at radius 1 is 1.16 bits per heavy atom. The van der Waals surface area contributed by atoms with Gasteiger partial charge in [-0.25, -0.2) is 4.39 Å². The zero-order valence-electron chi connectivity index (χ0n) is 23.6. The number of amides is 1. The average molecular weight is 614 g/mol. The van der Waals surface area contributed by atoms with Gasteiger partial charge in [-0.15, -0.1) is 0 Å². The molecule has 2 N–H and O–H groups in total. The summed E-state index contributed by atoms with van der Waals surface area (Å²) >= 11 is 0. The number of anilines is 1. The number of hydrogen-bond donors (Lipinski definition) is 2. The molecule has 0 spiro atoms. The maximum Gasteiger partial charge on any atom is 0.459 e. The number of piperidine rings is 1. The van der Waals surface area contributed by atoms with Crippen molar-refractivity contribution < 1.29 is 35.7 Å². The fourth-order valence-corrected chi connectivity index (χ4v) is 4.69. The maximum atomic E-state index is 15.0. The molecule has 5 rings (SSSR count). The van der Waals surface area contributed by atoms with Crippen molar-refractivity contribution in [2.75, 3.05) is 25.5 Å². The van der Waals surface area contributed by atoms with Gasteiger partial charge in [0.25, 0.3) is 11.9 Å². The number of nitrogens with zero attached hydrogens (tertiary/aromatic N) is 7. The minimum Gasteiger partial charge on any atom is -0.377 e. The first-order valence-corrected chi connectivity index (χ1v) is 13.3. The summed E-state index contributed by atoms with van der Waals surface area (Å²) in [5, 5.41) is 16.6. The molecule has 1 aliphatic rings. The first kappa shape index (κ1) is 30.3. The van der Waals surface area contributed by atoms with E-state index in [9.17, 15) is 31.1 Å². The molecule has 0 aliphatic carbocycles. The second-order valence-electron chi connectivity index (χ2n) is 11.4. The van der Waals surface area contributed by atoms with E-state index in [-0.39, 0.29) is 46.0 Å². The number of aromatic nitrogens is 6. The summed E-state index contributed by atoms with van der Waals surface area (Å²) in [7, 11) is 1.75. The summed E-state index contributed by atoms with van der Waals surface area (Å²) in [5.41, 5.74) is -1.88. The monoisotopic (exact) mass is 613 g/mol. The van der Waals surface area contributed by atoms with Crippen molar-refractivity contribution in [1.29, 1.82) is 0 Å². The van der Waals surface area contributed by atoms with Crippen LogP contribution in [0.25, 0.3) is 16.9 Å². The van der Waals surface area contributed by atoms with Crippen molar-refractivity contribution in [3.05, 3.63) is 47.7 Å². The standard InChI is InChI=1S/C26H29F6N9O2/c1-24(2,3)40-12-14(10-34-40)22(42)33-11-19-36-23(38-43-19)41-21(25(28,29)26(30,31)32)15-6-5-7-18(20(15)37-41)35-17-8-9-39(4)13-16(17)27/h5-7,10,12,16-17,35H,8-9,11,13H2,1-4H3,(H,33,42)/t16-,17+/m0/s1. The van der Waals surface area contributed by atoms with Gasteiger partial charge in [-0.1, -0.05) is 12.1 Å². The third-order valence-corrected chi connectivity index (χ3v) is 7.02. The maximum absolute atomic E-state index is 15.0. The van der Waals surface area contributed by atoms with Crippen LogP contribution in [-0.4, -0.2) is 79.0 Å². The Hall–Kier alpha value is -4.15. The summed E-state index contributed by atoms with van der Waals surface area (Å²) < 4.78 is 92.5. The molecule has 0 radical (unpaired) electrons. The van der Waals surface area contributed by atoms with E-state index in [0.29, 0.717) is 13.0 Å². The third-order valence-electron chi connectivity index (χ3n) is 7.02. The van der Waals surface area contributed by atoms with Gasteiger partial charge in [0.15, 0.2) is 0 Å². The van der Waals surface area contributed by atoms with Gasteiger partial charge < -0.3 is 20.1 Å². The summed E-state index contributed by atoms with van der Waals surface area (Å²) in [4.78, 5) is 18.3. The van der Waals surface area contributed by atoms with E-state index in [1.54, 1.807) is 16.6 Å². The fourth-order valence-electron chi connectivity index (χ4n) is 4.69. The fraction of sp³-hybridized carbons (Fsp3) is 0.500. The number of rotatable bonds is 7. The van der Waals surface area contributed by atoms with Crippen LogP contribution in [0.2, 0.25) is 0 Å². The van der Waals surface area contributed by atoms with Crippen molar-refractivity contribution in [3.8, 4) is 5.95 Å². The van der Waals surface area contributed by atoms with Crippen LogP contribution in [0.15, 0.2) is 35.1 Å². The van der Waals surface area contributed by atoms with E-state index in [1.165, 1.54) is 24.5 Å². The Bertz CT molecular complexity index is 1620. The molecule has 0 bridgehead atoms. The minimum atomic E-state index is -5.99. The summed E-state index contributed by atoms with van der Waals surface area (Å²) in [5.74, 6) is -6.93. The highest BCUT2D eigenvalue weighted by Gasteiger charge is 2.62. The van der Waals surface area contributed by atoms with Crippen LogP contribution in [0, 0.1) is 0 Å². The Balaban J connectivity index is 1.46. The lowest BCUT2D eigenvalue weighted by atomic mass is 10.0. The van der Waals surface area contributed by atoms with Gasteiger partial charge >= 0.3 is 12.1 Å². The second-order valence-corrected chi connectivity index (χ2v) is 11.4. The molecule has 1 fully saturated rings. The molecule has 1 amide bonds. The van der Waals surface area contributed by atoms with Crippen molar-refractivity contribution in [1.82, 2.24) is 39.9 Å². The lowest BCUT2D eigenvalue weighted by Gasteiger charge is -2.33. The van der Waals surface area contributed by atoms with E-state index < -0.39 is 47.2 Å². The number of halogens is 6. The predicted molar refractivity (Wildman–Crippen MR) is 142 cm³/mol. The molecule has 11 nitrogen and oxygen atoms in total. The number of likely N-dealkylation sites (tertiary alicyclic amines) is 1. The number of carbonyl (C=O) groups is 1. The number of benzene rings is 1. The van der Waals surface area contributed by atoms with Crippen LogP contribution < -0.4 is 10.6 Å². The van der Waals surface area contributed by atoms with Gasteiger partial charge in [-0.05, 0) is 45.5 Å². The van der Waals surface area contributed by atoms with Gasteiger partial charge in [-0.2, -0.15) is 41.8 Å². The van der Waals surface area contributed by atoms with Gasteiger partial charge in [0.1, 0.15) is 17.4 Å². The Morgan fingerprint density at radius 3 is 2.56 bits per heavy atom. The quantitative estimate of drug-likeness (QED) is 0.295. The van der Waals surface area contributed by atoms with Crippen LogP contribution in [-0.2, 0) is 18.0 Å². The van der Waals surface area contributed by atoms with E-state index in [0.717, 1.165) is 6.07 Å². The Morgan fingerprint density at radius 2 is 1.91 bits per heavy atom. The molecule has 0 saturated carbocycles. The molecule has 43 heavy (non-hydrogen) atoms. The van der Waals surface area contributed by atoms with Gasteiger partial charge in [0.05, 0.1) is 35.6 Å². The van der Waals surface area contributed by atoms with Gasteiger partial charge in [-0.3, -0.25) is 9.48 Å². The molecule has 1 saturated heterocycles. The SMILES string of the molecule is CN1CC[C@@H](Nc2cccc3c(C(F)(F)C(F)(F)F)n(-c4noc(CNC(=O)c5cnn(C(C)(C)C)c5)n4)nc23)[C@@H](F)C1. The highest BCUT2D eigenvalue weighted by Crippen LogP contribution is 2.47. The Kier molecular flexibility index (Phi) is 7.64. The van der Waals surface area contributed by atoms with E-state index in [2.05, 4.69) is 31.0 Å². The molecule has 3 aromatic heterocycles. The smallest absolute Gasteiger partial charge is 0.377 e. The number of nitrogens with one attached hydrogen (secondary N) is 2. The molecule has 2 atom stereocenters. The van der Waals surface area contributed by atoms with Crippen LogP contribution in [0.3, 0.4) is 0 Å². The van der Waals surface area contributed by atoms with E-state index in [4.69, 9.17) is 4.52 Å². The van der Waals surface area contributed by atoms with Crippen molar-refractivity contribution >= 4 is 22.5 Å². The average Bonchev–Trinajstić information content (AvgIpc) is 3.66. The van der Waals surface area contributed by atoms with Crippen LogP contribution >= 0.6 is 0 Å². The number of hydrogen-bond acceptors (Lipinski definition) is 8. The highest BCUT2D eigenvalue weighted by atomic mass is 19.4. The summed E-state index contributed by atoms with van der Waals surface area (Å²) in [6, 6.07) is 3.03. The topological polar surface area (TPSA) is 119 Å².